The van der Waals surface area contributed by atoms with Crippen LogP contribution in [-0.4, -0.2) is 26.5 Å². The summed E-state index contributed by atoms with van der Waals surface area (Å²) in [6.07, 6.45) is 1.28. The van der Waals surface area contributed by atoms with Gasteiger partial charge in [-0.05, 0) is 17.7 Å². The summed E-state index contributed by atoms with van der Waals surface area (Å²) in [5.41, 5.74) is 0.609. The molecule has 5 nitrogen and oxygen atoms in total. The van der Waals surface area contributed by atoms with E-state index in [0.29, 0.717) is 5.56 Å². The minimum Gasteiger partial charge on any atom is -0.494 e. The topological polar surface area (TPSA) is 67.9 Å². The van der Waals surface area contributed by atoms with E-state index >= 15 is 0 Å². The summed E-state index contributed by atoms with van der Waals surface area (Å²) in [6.45, 7) is 0. The number of aromatic amines is 1. The molecule has 0 fully saturated rings. The highest BCUT2D eigenvalue weighted by atomic mass is 32.2. The Morgan fingerprint density at radius 1 is 1.53 bits per heavy atom. The Balaban J connectivity index is 2.14. The molecule has 0 saturated carbocycles. The second-order valence-corrected chi connectivity index (χ2v) is 4.62. The van der Waals surface area contributed by atoms with Crippen molar-refractivity contribution in [3.05, 3.63) is 35.9 Å². The molecule has 1 aromatic heterocycles. The summed E-state index contributed by atoms with van der Waals surface area (Å²) >= 11 is 0. The van der Waals surface area contributed by atoms with Crippen LogP contribution < -0.4 is 4.74 Å². The van der Waals surface area contributed by atoms with E-state index in [4.69, 9.17) is 4.74 Å². The Kier molecular flexibility index (Phi) is 3.48. The van der Waals surface area contributed by atoms with Gasteiger partial charge in [0.2, 0.25) is 5.16 Å². The first-order valence-electron chi connectivity index (χ1n) is 4.77. The van der Waals surface area contributed by atoms with E-state index in [2.05, 4.69) is 15.2 Å². The summed E-state index contributed by atoms with van der Waals surface area (Å²) in [6, 6.07) is 4.46. The second-order valence-electron chi connectivity index (χ2n) is 3.25. The monoisotopic (exact) mass is 255 g/mol. The molecule has 7 heteroatoms. The number of hydrogen-bond acceptors (Lipinski definition) is 4. The molecule has 1 atom stereocenters. The lowest BCUT2D eigenvalue weighted by atomic mass is 10.2. The van der Waals surface area contributed by atoms with Crippen molar-refractivity contribution in [1.29, 1.82) is 0 Å². The normalized spacial score (nSPS) is 12.4. The number of nitrogens with one attached hydrogen (secondary N) is 1. The van der Waals surface area contributed by atoms with Crippen LogP contribution in [-0.2, 0) is 16.6 Å². The zero-order chi connectivity index (χ0) is 12.3. The number of ether oxygens (including phenoxy) is 1. The molecule has 1 N–H and O–H groups in total. The van der Waals surface area contributed by atoms with Gasteiger partial charge in [0.05, 0.1) is 23.7 Å². The van der Waals surface area contributed by atoms with Gasteiger partial charge in [0.15, 0.2) is 11.6 Å². The van der Waals surface area contributed by atoms with Gasteiger partial charge in [0.25, 0.3) is 0 Å². The van der Waals surface area contributed by atoms with Gasteiger partial charge >= 0.3 is 0 Å². The quantitative estimate of drug-likeness (QED) is 0.893. The minimum atomic E-state index is -1.36. The van der Waals surface area contributed by atoms with Crippen molar-refractivity contribution in [2.45, 2.75) is 10.9 Å². The summed E-state index contributed by atoms with van der Waals surface area (Å²) in [5.74, 6) is -0.130. The maximum absolute atomic E-state index is 13.4. The molecule has 0 unspecified atom stereocenters. The van der Waals surface area contributed by atoms with Crippen LogP contribution in [0, 0.1) is 5.82 Å². The van der Waals surface area contributed by atoms with Crippen LogP contribution in [0.5, 0.6) is 5.75 Å². The van der Waals surface area contributed by atoms with Gasteiger partial charge in [-0.2, -0.15) is 5.10 Å². The lowest BCUT2D eigenvalue weighted by Crippen LogP contribution is -1.99. The molecular weight excluding hydrogens is 245 g/mol. The number of aromatic nitrogens is 3. The second kappa shape index (κ2) is 5.05. The Hall–Kier alpha value is -1.76. The lowest BCUT2D eigenvalue weighted by Gasteiger charge is -2.04. The van der Waals surface area contributed by atoms with Gasteiger partial charge in [-0.1, -0.05) is 6.07 Å². The largest absolute Gasteiger partial charge is 0.494 e. The zero-order valence-corrected chi connectivity index (χ0v) is 9.83. The number of hydrogen-bond donors (Lipinski definition) is 1. The smallest absolute Gasteiger partial charge is 0.214 e. The number of halogens is 1. The third-order valence-electron chi connectivity index (χ3n) is 2.12. The average molecular weight is 255 g/mol. The summed E-state index contributed by atoms with van der Waals surface area (Å²) in [4.78, 5) is 3.78. The van der Waals surface area contributed by atoms with Crippen LogP contribution in [0.25, 0.3) is 0 Å². The molecule has 1 heterocycles. The highest BCUT2D eigenvalue weighted by molar-refractivity contribution is 7.84. The van der Waals surface area contributed by atoms with Crippen LogP contribution in [0.3, 0.4) is 0 Å². The fraction of sp³-hybridized carbons (Fsp3) is 0.200. The average Bonchev–Trinajstić information content (AvgIpc) is 2.82. The molecular formula is C10H10FN3O2S. The number of methoxy groups -OCH3 is 1. The first kappa shape index (κ1) is 11.7. The molecule has 2 rings (SSSR count). The van der Waals surface area contributed by atoms with Crippen molar-refractivity contribution in [2.75, 3.05) is 7.11 Å². The van der Waals surface area contributed by atoms with E-state index in [9.17, 15) is 8.60 Å². The van der Waals surface area contributed by atoms with Gasteiger partial charge in [-0.15, -0.1) is 0 Å². The maximum Gasteiger partial charge on any atom is 0.214 e. The molecule has 0 saturated heterocycles. The van der Waals surface area contributed by atoms with Crippen LogP contribution in [0.1, 0.15) is 5.56 Å². The molecule has 0 aliphatic heterocycles. The Morgan fingerprint density at radius 3 is 2.94 bits per heavy atom. The molecule has 2 aromatic rings. The van der Waals surface area contributed by atoms with E-state index in [1.54, 1.807) is 6.07 Å². The van der Waals surface area contributed by atoms with E-state index in [1.165, 1.54) is 25.6 Å². The van der Waals surface area contributed by atoms with Gasteiger partial charge < -0.3 is 4.74 Å². The number of rotatable bonds is 4. The standard InChI is InChI=1S/C10H10FN3O2S/c1-16-9-3-2-7(4-8(9)11)5-17(15)10-12-6-13-14-10/h2-4,6H,5H2,1H3,(H,12,13,14)/t17-/m1/s1. The van der Waals surface area contributed by atoms with E-state index in [1.807, 2.05) is 0 Å². The van der Waals surface area contributed by atoms with E-state index < -0.39 is 16.6 Å². The van der Waals surface area contributed by atoms with Crippen molar-refractivity contribution < 1.29 is 13.3 Å². The number of nitrogens with zero attached hydrogens (tertiary/aromatic N) is 2. The van der Waals surface area contributed by atoms with E-state index in [-0.39, 0.29) is 16.7 Å². The molecule has 0 aliphatic rings. The summed E-state index contributed by atoms with van der Waals surface area (Å²) in [7, 11) is 0.0369. The van der Waals surface area contributed by atoms with Gasteiger partial charge in [-0.3, -0.25) is 9.31 Å². The SMILES string of the molecule is COc1ccc(C[S@@](=O)c2ncn[nH]2)cc1F. The van der Waals surface area contributed by atoms with Crippen molar-refractivity contribution in [3.63, 3.8) is 0 Å². The molecule has 0 amide bonds. The predicted molar refractivity (Wildman–Crippen MR) is 59.4 cm³/mol. The fourth-order valence-corrected chi connectivity index (χ4v) is 2.26. The summed E-state index contributed by atoms with van der Waals surface area (Å²) < 4.78 is 29.9. The maximum atomic E-state index is 13.4. The third kappa shape index (κ3) is 2.68. The van der Waals surface area contributed by atoms with Crippen molar-refractivity contribution in [1.82, 2.24) is 15.2 Å². The van der Waals surface area contributed by atoms with E-state index in [0.717, 1.165) is 0 Å². The molecule has 17 heavy (non-hydrogen) atoms. The van der Waals surface area contributed by atoms with Crippen LogP contribution in [0.4, 0.5) is 4.39 Å². The minimum absolute atomic E-state index is 0.166. The number of H-pyrrole nitrogens is 1. The summed E-state index contributed by atoms with van der Waals surface area (Å²) in [5, 5.41) is 6.40. The highest BCUT2D eigenvalue weighted by Crippen LogP contribution is 2.19. The van der Waals surface area contributed by atoms with Gasteiger partial charge in [-0.25, -0.2) is 9.37 Å². The van der Waals surface area contributed by atoms with Gasteiger partial charge in [0.1, 0.15) is 6.33 Å². The molecule has 0 spiro atoms. The van der Waals surface area contributed by atoms with Crippen molar-refractivity contribution in [2.24, 2.45) is 0 Å². The van der Waals surface area contributed by atoms with Crippen LogP contribution in [0.2, 0.25) is 0 Å². The molecule has 0 aliphatic carbocycles. The number of benzene rings is 1. The van der Waals surface area contributed by atoms with Crippen molar-refractivity contribution in [3.8, 4) is 5.75 Å². The lowest BCUT2D eigenvalue weighted by molar-refractivity contribution is 0.386. The molecule has 0 bridgehead atoms. The van der Waals surface area contributed by atoms with Crippen molar-refractivity contribution >= 4 is 10.8 Å². The van der Waals surface area contributed by atoms with Gasteiger partial charge in [0, 0.05) is 0 Å². The Morgan fingerprint density at radius 2 is 2.35 bits per heavy atom. The third-order valence-corrected chi connectivity index (χ3v) is 3.35. The fourth-order valence-electron chi connectivity index (χ4n) is 1.32. The highest BCUT2D eigenvalue weighted by Gasteiger charge is 2.10. The zero-order valence-electron chi connectivity index (χ0n) is 9.01. The molecule has 1 aromatic carbocycles. The molecule has 0 radical (unpaired) electrons. The molecule has 90 valence electrons. The van der Waals surface area contributed by atoms with Crippen LogP contribution in [0.15, 0.2) is 29.7 Å². The predicted octanol–water partition coefficient (Wildman–Crippen LogP) is 1.26. The Labute approximate surface area is 99.5 Å². The first-order chi connectivity index (χ1) is 8.20. The first-order valence-corrected chi connectivity index (χ1v) is 6.08. The van der Waals surface area contributed by atoms with Crippen LogP contribution >= 0.6 is 0 Å². The Bertz CT molecular complexity index is 530.